The second-order valence-electron chi connectivity index (χ2n) is 5.71. The number of aryl methyl sites for hydroxylation is 1. The molecule has 1 N–H and O–H groups in total. The van der Waals surface area contributed by atoms with Gasteiger partial charge in [-0.1, -0.05) is 0 Å². The molecule has 2 aromatic rings. The van der Waals surface area contributed by atoms with E-state index in [1.165, 1.54) is 19.2 Å². The van der Waals surface area contributed by atoms with Gasteiger partial charge in [0.15, 0.2) is 0 Å². The van der Waals surface area contributed by atoms with E-state index in [-0.39, 0.29) is 28.6 Å². The van der Waals surface area contributed by atoms with Crippen LogP contribution in [0.2, 0.25) is 0 Å². The minimum Gasteiger partial charge on any atom is -0.465 e. The number of esters is 1. The first-order valence-electron chi connectivity index (χ1n) is 7.76. The van der Waals surface area contributed by atoms with Crippen molar-refractivity contribution in [1.29, 1.82) is 0 Å². The van der Waals surface area contributed by atoms with E-state index in [4.69, 9.17) is 9.47 Å². The Bertz CT molecular complexity index is 813. The van der Waals surface area contributed by atoms with Crippen LogP contribution in [0.5, 0.6) is 0 Å². The summed E-state index contributed by atoms with van der Waals surface area (Å²) in [5.74, 6) is -0.574. The van der Waals surface area contributed by atoms with Crippen LogP contribution in [-0.4, -0.2) is 47.0 Å². The molecule has 2 heterocycles. The highest BCUT2D eigenvalue weighted by atomic mass is 16.6. The minimum absolute atomic E-state index is 0.0136. The third-order valence-electron chi connectivity index (χ3n) is 4.02. The SMILES string of the molecule is COC(=O)c1cc(NC[C@@H]2CCO2)c([N+](=O)[O-])c(-c2ccn(C)n2)c1. The zero-order valence-electron chi connectivity index (χ0n) is 13.9. The predicted molar refractivity (Wildman–Crippen MR) is 89.5 cm³/mol. The number of ether oxygens (including phenoxy) is 2. The molecule has 0 radical (unpaired) electrons. The average Bonchev–Trinajstić information content (AvgIpc) is 2.98. The molecule has 0 bridgehead atoms. The van der Waals surface area contributed by atoms with Crippen molar-refractivity contribution >= 4 is 17.3 Å². The minimum atomic E-state index is -0.574. The van der Waals surface area contributed by atoms with Gasteiger partial charge in [0, 0.05) is 26.4 Å². The van der Waals surface area contributed by atoms with Crippen molar-refractivity contribution in [3.8, 4) is 11.3 Å². The van der Waals surface area contributed by atoms with E-state index < -0.39 is 10.9 Å². The van der Waals surface area contributed by atoms with Crippen LogP contribution in [0.3, 0.4) is 0 Å². The van der Waals surface area contributed by atoms with E-state index in [0.717, 1.165) is 6.42 Å². The molecule has 9 nitrogen and oxygen atoms in total. The van der Waals surface area contributed by atoms with Crippen molar-refractivity contribution in [1.82, 2.24) is 9.78 Å². The highest BCUT2D eigenvalue weighted by Crippen LogP contribution is 2.37. The first-order chi connectivity index (χ1) is 12.0. The Kier molecular flexibility index (Phi) is 4.66. The molecule has 3 rings (SSSR count). The topological polar surface area (TPSA) is 109 Å². The molecule has 1 aliphatic rings. The number of hydrogen-bond donors (Lipinski definition) is 1. The zero-order valence-corrected chi connectivity index (χ0v) is 13.9. The number of carbonyl (C=O) groups excluding carboxylic acids is 1. The van der Waals surface area contributed by atoms with E-state index in [1.54, 1.807) is 24.0 Å². The molecule has 0 saturated carbocycles. The second-order valence-corrected chi connectivity index (χ2v) is 5.71. The maximum Gasteiger partial charge on any atom is 0.337 e. The molecule has 0 spiro atoms. The molecule has 25 heavy (non-hydrogen) atoms. The number of aromatic nitrogens is 2. The van der Waals surface area contributed by atoms with Gasteiger partial charge in [-0.25, -0.2) is 4.79 Å². The third kappa shape index (κ3) is 3.45. The molecule has 1 atom stereocenters. The predicted octanol–water partition coefficient (Wildman–Crippen LogP) is 1.98. The Balaban J connectivity index is 2.09. The Morgan fingerprint density at radius 1 is 1.56 bits per heavy atom. The number of benzene rings is 1. The highest BCUT2D eigenvalue weighted by Gasteiger charge is 2.27. The molecule has 1 fully saturated rings. The number of nitrogens with zero attached hydrogens (tertiary/aromatic N) is 3. The van der Waals surface area contributed by atoms with Crippen LogP contribution < -0.4 is 5.32 Å². The molecule has 1 aromatic heterocycles. The van der Waals surface area contributed by atoms with Crippen molar-refractivity contribution in [3.05, 3.63) is 40.1 Å². The summed E-state index contributed by atoms with van der Waals surface area (Å²) in [6.45, 7) is 1.11. The highest BCUT2D eigenvalue weighted by molar-refractivity contribution is 5.95. The van der Waals surface area contributed by atoms with Gasteiger partial charge in [0.2, 0.25) is 0 Å². The summed E-state index contributed by atoms with van der Waals surface area (Å²) >= 11 is 0. The van der Waals surface area contributed by atoms with Gasteiger partial charge in [0.05, 0.1) is 35.0 Å². The molecule has 1 saturated heterocycles. The Morgan fingerprint density at radius 3 is 2.84 bits per heavy atom. The number of anilines is 1. The summed E-state index contributed by atoms with van der Waals surface area (Å²) in [4.78, 5) is 23.2. The molecule has 0 unspecified atom stereocenters. The van der Waals surface area contributed by atoms with Crippen LogP contribution >= 0.6 is 0 Å². The van der Waals surface area contributed by atoms with Gasteiger partial charge in [-0.15, -0.1) is 0 Å². The number of methoxy groups -OCH3 is 1. The van der Waals surface area contributed by atoms with Crippen molar-refractivity contribution in [2.24, 2.45) is 7.05 Å². The Labute approximate surface area is 143 Å². The Morgan fingerprint density at radius 2 is 2.32 bits per heavy atom. The van der Waals surface area contributed by atoms with Gasteiger partial charge < -0.3 is 14.8 Å². The van der Waals surface area contributed by atoms with Gasteiger partial charge in [0.1, 0.15) is 5.69 Å². The summed E-state index contributed by atoms with van der Waals surface area (Å²) < 4.78 is 11.6. The van der Waals surface area contributed by atoms with Gasteiger partial charge >= 0.3 is 11.7 Å². The molecule has 1 aromatic carbocycles. The smallest absolute Gasteiger partial charge is 0.337 e. The number of rotatable bonds is 6. The summed E-state index contributed by atoms with van der Waals surface area (Å²) in [5.41, 5.74) is 0.980. The number of carbonyl (C=O) groups is 1. The van der Waals surface area contributed by atoms with E-state index in [0.29, 0.717) is 18.8 Å². The van der Waals surface area contributed by atoms with E-state index >= 15 is 0 Å². The fourth-order valence-corrected chi connectivity index (χ4v) is 2.62. The number of nitro benzene ring substituents is 1. The van der Waals surface area contributed by atoms with Crippen molar-refractivity contribution in [2.45, 2.75) is 12.5 Å². The fourth-order valence-electron chi connectivity index (χ4n) is 2.62. The van der Waals surface area contributed by atoms with Gasteiger partial charge in [-0.05, 0) is 24.6 Å². The molecular weight excluding hydrogens is 328 g/mol. The third-order valence-corrected chi connectivity index (χ3v) is 4.02. The summed E-state index contributed by atoms with van der Waals surface area (Å²) in [7, 11) is 2.98. The summed E-state index contributed by atoms with van der Waals surface area (Å²) in [6.07, 6.45) is 2.59. The number of nitro groups is 1. The molecule has 0 amide bonds. The van der Waals surface area contributed by atoms with Crippen LogP contribution in [0, 0.1) is 10.1 Å². The fraction of sp³-hybridized carbons (Fsp3) is 0.375. The maximum atomic E-state index is 12.0. The first-order valence-corrected chi connectivity index (χ1v) is 7.76. The van der Waals surface area contributed by atoms with Crippen LogP contribution in [-0.2, 0) is 16.5 Å². The monoisotopic (exact) mass is 346 g/mol. The Hall–Kier alpha value is -2.94. The quantitative estimate of drug-likeness (QED) is 0.484. The van der Waals surface area contributed by atoms with E-state index in [1.807, 2.05) is 0 Å². The van der Waals surface area contributed by atoms with E-state index in [9.17, 15) is 14.9 Å². The average molecular weight is 346 g/mol. The van der Waals surface area contributed by atoms with Crippen molar-refractivity contribution in [3.63, 3.8) is 0 Å². The van der Waals surface area contributed by atoms with Crippen LogP contribution in [0.1, 0.15) is 16.8 Å². The normalized spacial score (nSPS) is 16.2. The van der Waals surface area contributed by atoms with Gasteiger partial charge in [0.25, 0.3) is 0 Å². The zero-order chi connectivity index (χ0) is 18.0. The first kappa shape index (κ1) is 16.9. The number of nitrogens with one attached hydrogen (secondary N) is 1. The van der Waals surface area contributed by atoms with E-state index in [2.05, 4.69) is 10.4 Å². The lowest BCUT2D eigenvalue weighted by molar-refractivity contribution is -0.383. The lowest BCUT2D eigenvalue weighted by Crippen LogP contribution is -2.33. The van der Waals surface area contributed by atoms with Crippen molar-refractivity contribution in [2.75, 3.05) is 25.6 Å². The van der Waals surface area contributed by atoms with Crippen molar-refractivity contribution < 1.29 is 19.2 Å². The van der Waals surface area contributed by atoms with Gasteiger partial charge in [-0.3, -0.25) is 14.8 Å². The molecule has 9 heteroatoms. The second kappa shape index (κ2) is 6.89. The molecular formula is C16H18N4O5. The summed E-state index contributed by atoms with van der Waals surface area (Å²) in [5, 5.41) is 18.9. The van der Waals surface area contributed by atoms with Crippen LogP contribution in [0.25, 0.3) is 11.3 Å². The van der Waals surface area contributed by atoms with Crippen LogP contribution in [0.15, 0.2) is 24.4 Å². The standard InChI is InChI=1S/C16H18N4O5/c1-19-5-3-13(18-19)12-7-10(16(21)24-2)8-14(15(12)20(22)23)17-9-11-4-6-25-11/h3,5,7-8,11,17H,4,6,9H2,1-2H3/t11-/m0/s1. The molecule has 0 aliphatic carbocycles. The van der Waals surface area contributed by atoms with Gasteiger partial charge in [-0.2, -0.15) is 5.10 Å². The lowest BCUT2D eigenvalue weighted by atomic mass is 10.0. The van der Waals surface area contributed by atoms with Crippen LogP contribution in [0.4, 0.5) is 11.4 Å². The maximum absolute atomic E-state index is 12.0. The lowest BCUT2D eigenvalue weighted by Gasteiger charge is -2.27. The summed E-state index contributed by atoms with van der Waals surface area (Å²) in [6, 6.07) is 4.51. The number of hydrogen-bond acceptors (Lipinski definition) is 7. The molecule has 1 aliphatic heterocycles. The molecule has 132 valence electrons. The largest absolute Gasteiger partial charge is 0.465 e.